The fourth-order valence-electron chi connectivity index (χ4n) is 1.73. The molecular formula is C13H18BrFO. The Labute approximate surface area is 105 Å². The summed E-state index contributed by atoms with van der Waals surface area (Å²) in [6, 6.07) is 6.88. The van der Waals surface area contributed by atoms with Gasteiger partial charge >= 0.3 is 0 Å². The summed E-state index contributed by atoms with van der Waals surface area (Å²) >= 11 is 3.49. The molecule has 0 fully saturated rings. The van der Waals surface area contributed by atoms with Crippen molar-refractivity contribution in [1.29, 1.82) is 0 Å². The van der Waals surface area contributed by atoms with E-state index in [-0.39, 0.29) is 5.82 Å². The van der Waals surface area contributed by atoms with E-state index >= 15 is 0 Å². The molecule has 0 aromatic heterocycles. The fourth-order valence-corrected chi connectivity index (χ4v) is 2.43. The van der Waals surface area contributed by atoms with E-state index < -0.39 is 0 Å². The fraction of sp³-hybridized carbons (Fsp3) is 0.538. The number of halogens is 2. The van der Waals surface area contributed by atoms with Gasteiger partial charge in [0.1, 0.15) is 5.82 Å². The van der Waals surface area contributed by atoms with Gasteiger partial charge in [0, 0.05) is 19.0 Å². The summed E-state index contributed by atoms with van der Waals surface area (Å²) in [7, 11) is 1.72. The van der Waals surface area contributed by atoms with Crippen molar-refractivity contribution < 1.29 is 9.13 Å². The quantitative estimate of drug-likeness (QED) is 0.542. The van der Waals surface area contributed by atoms with Crippen LogP contribution in [0.25, 0.3) is 0 Å². The number of ether oxygens (including phenoxy) is 1. The molecule has 0 heterocycles. The average Bonchev–Trinajstić information content (AvgIpc) is 2.29. The molecule has 0 aliphatic heterocycles. The average molecular weight is 289 g/mol. The van der Waals surface area contributed by atoms with Gasteiger partial charge in [-0.25, -0.2) is 4.39 Å². The van der Waals surface area contributed by atoms with Crippen LogP contribution in [0.2, 0.25) is 0 Å². The van der Waals surface area contributed by atoms with Crippen LogP contribution >= 0.6 is 15.9 Å². The second-order valence-electron chi connectivity index (χ2n) is 3.89. The Morgan fingerprint density at radius 1 is 1.38 bits per heavy atom. The lowest BCUT2D eigenvalue weighted by Crippen LogP contribution is -2.01. The summed E-state index contributed by atoms with van der Waals surface area (Å²) in [6.45, 7) is 0.804. The Hall–Kier alpha value is -0.410. The van der Waals surface area contributed by atoms with E-state index in [0.717, 1.165) is 36.8 Å². The largest absolute Gasteiger partial charge is 0.385 e. The van der Waals surface area contributed by atoms with Gasteiger partial charge in [0.25, 0.3) is 0 Å². The topological polar surface area (TPSA) is 9.23 Å². The van der Waals surface area contributed by atoms with Crippen molar-refractivity contribution in [3.63, 3.8) is 0 Å². The first-order valence-electron chi connectivity index (χ1n) is 5.58. The highest BCUT2D eigenvalue weighted by atomic mass is 79.9. The maximum Gasteiger partial charge on any atom is 0.123 e. The molecule has 0 amide bonds. The van der Waals surface area contributed by atoms with Gasteiger partial charge in [-0.1, -0.05) is 34.5 Å². The first-order chi connectivity index (χ1) is 7.77. The molecule has 1 nitrogen and oxygen atoms in total. The summed E-state index contributed by atoms with van der Waals surface area (Å²) in [5.41, 5.74) is 1.08. The van der Waals surface area contributed by atoms with Crippen LogP contribution in [0.3, 0.4) is 0 Å². The predicted molar refractivity (Wildman–Crippen MR) is 68.7 cm³/mol. The standard InChI is InChI=1S/C13H18BrFO/c1-16-8-3-2-5-12(10-14)11-6-4-7-13(15)9-11/h4,6-7,9,12H,2-3,5,8,10H2,1H3. The van der Waals surface area contributed by atoms with Crippen molar-refractivity contribution in [1.82, 2.24) is 0 Å². The van der Waals surface area contributed by atoms with Crippen LogP contribution in [0.1, 0.15) is 30.7 Å². The van der Waals surface area contributed by atoms with Gasteiger partial charge in [-0.15, -0.1) is 0 Å². The maximum absolute atomic E-state index is 13.1. The molecule has 1 aromatic carbocycles. The van der Waals surface area contributed by atoms with Crippen molar-refractivity contribution >= 4 is 15.9 Å². The minimum atomic E-state index is -0.152. The lowest BCUT2D eigenvalue weighted by atomic mass is 9.95. The normalized spacial score (nSPS) is 12.7. The summed E-state index contributed by atoms with van der Waals surface area (Å²) in [5.74, 6) is 0.243. The number of hydrogen-bond donors (Lipinski definition) is 0. The van der Waals surface area contributed by atoms with E-state index in [1.165, 1.54) is 6.07 Å². The molecule has 0 N–H and O–H groups in total. The van der Waals surface area contributed by atoms with Crippen molar-refractivity contribution in [2.24, 2.45) is 0 Å². The smallest absolute Gasteiger partial charge is 0.123 e. The number of alkyl halides is 1. The number of unbranched alkanes of at least 4 members (excludes halogenated alkanes) is 1. The Balaban J connectivity index is 2.47. The molecule has 1 aromatic rings. The lowest BCUT2D eigenvalue weighted by molar-refractivity contribution is 0.191. The molecule has 3 heteroatoms. The van der Waals surface area contributed by atoms with Crippen LogP contribution in [0.15, 0.2) is 24.3 Å². The lowest BCUT2D eigenvalue weighted by Gasteiger charge is -2.14. The molecule has 90 valence electrons. The second kappa shape index (κ2) is 7.80. The van der Waals surface area contributed by atoms with Crippen LogP contribution < -0.4 is 0 Å². The minimum absolute atomic E-state index is 0.152. The summed E-state index contributed by atoms with van der Waals surface area (Å²) < 4.78 is 18.1. The Bertz CT molecular complexity index is 304. The predicted octanol–water partition coefficient (Wildman–Crippen LogP) is 4.12. The third-order valence-corrected chi connectivity index (χ3v) is 3.44. The van der Waals surface area contributed by atoms with Gasteiger partial charge in [-0.2, -0.15) is 0 Å². The van der Waals surface area contributed by atoms with E-state index in [1.54, 1.807) is 19.2 Å². The van der Waals surface area contributed by atoms with Gasteiger partial charge in [-0.05, 0) is 36.5 Å². The zero-order valence-corrected chi connectivity index (χ0v) is 11.2. The SMILES string of the molecule is COCCCCC(CBr)c1cccc(F)c1. The Morgan fingerprint density at radius 2 is 2.19 bits per heavy atom. The molecule has 1 rings (SSSR count). The highest BCUT2D eigenvalue weighted by molar-refractivity contribution is 9.09. The van der Waals surface area contributed by atoms with Gasteiger partial charge in [0.2, 0.25) is 0 Å². The molecule has 0 spiro atoms. The monoisotopic (exact) mass is 288 g/mol. The number of benzene rings is 1. The number of hydrogen-bond acceptors (Lipinski definition) is 1. The van der Waals surface area contributed by atoms with E-state index in [9.17, 15) is 4.39 Å². The van der Waals surface area contributed by atoms with Crippen LogP contribution in [0, 0.1) is 5.82 Å². The zero-order chi connectivity index (χ0) is 11.8. The van der Waals surface area contributed by atoms with Gasteiger partial charge in [-0.3, -0.25) is 0 Å². The van der Waals surface area contributed by atoms with E-state index in [4.69, 9.17) is 4.74 Å². The van der Waals surface area contributed by atoms with Crippen LogP contribution in [-0.4, -0.2) is 19.0 Å². The van der Waals surface area contributed by atoms with Crippen molar-refractivity contribution in [3.05, 3.63) is 35.6 Å². The molecule has 0 radical (unpaired) electrons. The van der Waals surface area contributed by atoms with Crippen LogP contribution in [-0.2, 0) is 4.74 Å². The Morgan fingerprint density at radius 3 is 2.81 bits per heavy atom. The highest BCUT2D eigenvalue weighted by Gasteiger charge is 2.10. The van der Waals surface area contributed by atoms with Gasteiger partial charge in [0.05, 0.1) is 0 Å². The molecule has 0 saturated carbocycles. The van der Waals surface area contributed by atoms with Crippen LogP contribution in [0.4, 0.5) is 4.39 Å². The van der Waals surface area contributed by atoms with Crippen molar-refractivity contribution in [2.45, 2.75) is 25.2 Å². The van der Waals surface area contributed by atoms with Gasteiger partial charge in [0.15, 0.2) is 0 Å². The summed E-state index contributed by atoms with van der Waals surface area (Å²) in [4.78, 5) is 0. The van der Waals surface area contributed by atoms with E-state index in [0.29, 0.717) is 5.92 Å². The van der Waals surface area contributed by atoms with Crippen molar-refractivity contribution in [2.75, 3.05) is 19.0 Å². The molecule has 0 bridgehead atoms. The number of rotatable bonds is 7. The molecule has 1 atom stereocenters. The molecule has 0 aliphatic carbocycles. The first-order valence-corrected chi connectivity index (χ1v) is 6.70. The molecule has 0 aliphatic rings. The van der Waals surface area contributed by atoms with E-state index in [2.05, 4.69) is 15.9 Å². The van der Waals surface area contributed by atoms with Gasteiger partial charge < -0.3 is 4.74 Å². The molecule has 1 unspecified atom stereocenters. The Kier molecular flexibility index (Phi) is 6.65. The second-order valence-corrected chi connectivity index (χ2v) is 4.54. The maximum atomic E-state index is 13.1. The molecule has 16 heavy (non-hydrogen) atoms. The van der Waals surface area contributed by atoms with Crippen molar-refractivity contribution in [3.8, 4) is 0 Å². The third kappa shape index (κ3) is 4.62. The summed E-state index contributed by atoms with van der Waals surface area (Å²) in [5, 5.41) is 0.878. The summed E-state index contributed by atoms with van der Waals surface area (Å²) in [6.07, 6.45) is 3.24. The highest BCUT2D eigenvalue weighted by Crippen LogP contribution is 2.24. The molecular weight excluding hydrogens is 271 g/mol. The van der Waals surface area contributed by atoms with E-state index in [1.807, 2.05) is 6.07 Å². The zero-order valence-electron chi connectivity index (χ0n) is 9.59. The molecule has 0 saturated heterocycles. The first kappa shape index (κ1) is 13.7. The third-order valence-electron chi connectivity index (χ3n) is 2.66. The minimum Gasteiger partial charge on any atom is -0.385 e. The van der Waals surface area contributed by atoms with Crippen LogP contribution in [0.5, 0.6) is 0 Å². The number of methoxy groups -OCH3 is 1.